The van der Waals surface area contributed by atoms with E-state index >= 15 is 0 Å². The van der Waals surface area contributed by atoms with Crippen LogP contribution in [0.2, 0.25) is 10.0 Å². The highest BCUT2D eigenvalue weighted by molar-refractivity contribution is 9.10. The predicted octanol–water partition coefficient (Wildman–Crippen LogP) is 4.04. The third-order valence-corrected chi connectivity index (χ3v) is 3.68. The van der Waals surface area contributed by atoms with Crippen molar-refractivity contribution < 1.29 is 14.7 Å². The van der Waals surface area contributed by atoms with Crippen molar-refractivity contribution in [3.63, 3.8) is 0 Å². The molecule has 1 aromatic carbocycles. The molecule has 0 fully saturated rings. The van der Waals surface area contributed by atoms with E-state index in [1.54, 1.807) is 23.9 Å². The van der Waals surface area contributed by atoms with Crippen LogP contribution in [0.1, 0.15) is 20.8 Å². The van der Waals surface area contributed by atoms with Crippen molar-refractivity contribution in [3.8, 4) is 0 Å². The Morgan fingerprint density at radius 1 is 1.29 bits per heavy atom. The lowest BCUT2D eigenvalue weighted by atomic mass is 10.1. The molecule has 8 heteroatoms. The number of nitrogens with zero attached hydrogens (tertiary/aromatic N) is 1. The molecule has 0 saturated heterocycles. The van der Waals surface area contributed by atoms with Crippen molar-refractivity contribution in [1.29, 1.82) is 0 Å². The van der Waals surface area contributed by atoms with E-state index < -0.39 is 11.9 Å². The summed E-state index contributed by atoms with van der Waals surface area (Å²) in [4.78, 5) is 23.5. The Kier molecular flexibility index (Phi) is 4.61. The summed E-state index contributed by atoms with van der Waals surface area (Å²) in [6, 6.07) is 4.21. The molecule has 0 aliphatic heterocycles. The van der Waals surface area contributed by atoms with E-state index in [9.17, 15) is 14.7 Å². The molecule has 21 heavy (non-hydrogen) atoms. The van der Waals surface area contributed by atoms with Gasteiger partial charge in [0.2, 0.25) is 0 Å². The fraction of sp³-hybridized carbons (Fsp3) is 0.0769. The second-order valence-electron chi connectivity index (χ2n) is 4.22. The fourth-order valence-electron chi connectivity index (χ4n) is 1.80. The van der Waals surface area contributed by atoms with Gasteiger partial charge in [0.15, 0.2) is 0 Å². The molecule has 0 aliphatic carbocycles. The first-order valence-corrected chi connectivity index (χ1v) is 7.20. The van der Waals surface area contributed by atoms with Crippen LogP contribution in [-0.2, 0) is 7.05 Å². The maximum absolute atomic E-state index is 12.2. The van der Waals surface area contributed by atoms with Crippen molar-refractivity contribution >= 4 is 56.7 Å². The first-order chi connectivity index (χ1) is 9.79. The van der Waals surface area contributed by atoms with Gasteiger partial charge in [0.25, 0.3) is 5.91 Å². The number of aromatic nitrogens is 1. The highest BCUT2D eigenvalue weighted by Crippen LogP contribution is 2.31. The number of carboxylic acids is 1. The van der Waals surface area contributed by atoms with Gasteiger partial charge in [-0.25, -0.2) is 4.79 Å². The first kappa shape index (κ1) is 15.9. The van der Waals surface area contributed by atoms with Gasteiger partial charge in [0.1, 0.15) is 5.69 Å². The maximum atomic E-state index is 12.2. The molecule has 0 aliphatic rings. The molecular formula is C13H9BrCl2N2O3. The third kappa shape index (κ3) is 3.40. The summed E-state index contributed by atoms with van der Waals surface area (Å²) in [5.41, 5.74) is 0.189. The van der Waals surface area contributed by atoms with E-state index in [1.165, 1.54) is 12.1 Å². The number of hydrogen-bond acceptors (Lipinski definition) is 2. The van der Waals surface area contributed by atoms with E-state index in [1.807, 2.05) is 0 Å². The average molecular weight is 392 g/mol. The molecule has 2 rings (SSSR count). The zero-order chi connectivity index (χ0) is 15.7. The van der Waals surface area contributed by atoms with Gasteiger partial charge in [-0.05, 0) is 34.1 Å². The molecule has 0 unspecified atom stereocenters. The number of nitrogens with one attached hydrogen (secondary N) is 1. The molecule has 0 spiro atoms. The lowest BCUT2D eigenvalue weighted by Gasteiger charge is -2.11. The minimum absolute atomic E-state index is 0.0101. The summed E-state index contributed by atoms with van der Waals surface area (Å²) in [5.74, 6) is -1.71. The second-order valence-corrected chi connectivity index (χ2v) is 5.98. The molecule has 110 valence electrons. The van der Waals surface area contributed by atoms with Crippen molar-refractivity contribution in [3.05, 3.63) is 50.2 Å². The van der Waals surface area contributed by atoms with Crippen LogP contribution in [0.3, 0.4) is 0 Å². The molecule has 0 saturated carbocycles. The zero-order valence-corrected chi connectivity index (χ0v) is 13.8. The lowest BCUT2D eigenvalue weighted by Crippen LogP contribution is -2.17. The molecular weight excluding hydrogens is 383 g/mol. The molecule has 1 aromatic heterocycles. The van der Waals surface area contributed by atoms with E-state index in [-0.39, 0.29) is 21.3 Å². The second kappa shape index (κ2) is 6.09. The molecule has 1 amide bonds. The maximum Gasteiger partial charge on any atom is 0.337 e. The number of benzene rings is 1. The van der Waals surface area contributed by atoms with Gasteiger partial charge in [-0.2, -0.15) is 0 Å². The summed E-state index contributed by atoms with van der Waals surface area (Å²) in [5, 5.41) is 11.9. The predicted molar refractivity (Wildman–Crippen MR) is 84.5 cm³/mol. The number of rotatable bonds is 3. The van der Waals surface area contributed by atoms with Gasteiger partial charge in [-0.1, -0.05) is 23.2 Å². The Morgan fingerprint density at radius 3 is 2.48 bits per heavy atom. The number of halogens is 3. The van der Waals surface area contributed by atoms with Gasteiger partial charge in [-0.15, -0.1) is 0 Å². The number of aryl methyl sites for hydroxylation is 1. The minimum atomic E-state index is -1.23. The Morgan fingerprint density at radius 2 is 1.95 bits per heavy atom. The minimum Gasteiger partial charge on any atom is -0.478 e. The molecule has 2 N–H and O–H groups in total. The van der Waals surface area contributed by atoms with Crippen LogP contribution >= 0.6 is 39.1 Å². The van der Waals surface area contributed by atoms with Crippen molar-refractivity contribution in [2.45, 2.75) is 0 Å². The number of amides is 1. The number of carbonyl (C=O) groups is 2. The number of carbonyl (C=O) groups excluding carboxylic acids is 1. The Hall–Kier alpha value is -1.50. The van der Waals surface area contributed by atoms with Crippen molar-refractivity contribution in [1.82, 2.24) is 4.57 Å². The number of carboxylic acid groups (broad SMARTS) is 1. The zero-order valence-electron chi connectivity index (χ0n) is 10.7. The Labute approximate surface area is 138 Å². The molecule has 0 bridgehead atoms. The number of hydrogen-bond donors (Lipinski definition) is 2. The van der Waals surface area contributed by atoms with E-state index in [0.29, 0.717) is 5.69 Å². The molecule has 2 aromatic rings. The largest absolute Gasteiger partial charge is 0.478 e. The van der Waals surface area contributed by atoms with Crippen LogP contribution in [0.15, 0.2) is 28.9 Å². The SMILES string of the molecule is Cn1cc(Br)cc1C(=O)Nc1c(Cl)cc(Cl)cc1C(=O)O. The summed E-state index contributed by atoms with van der Waals surface area (Å²) in [6.07, 6.45) is 1.70. The van der Waals surface area contributed by atoms with Gasteiger partial charge in [-0.3, -0.25) is 4.79 Å². The topological polar surface area (TPSA) is 71.3 Å². The number of anilines is 1. The standard InChI is InChI=1S/C13H9BrCl2N2O3/c1-18-5-6(14)2-10(18)12(19)17-11-8(13(20)21)3-7(15)4-9(11)16/h2-5H,1H3,(H,17,19)(H,20,21). The van der Waals surface area contributed by atoms with E-state index in [4.69, 9.17) is 23.2 Å². The van der Waals surface area contributed by atoms with Crippen LogP contribution in [0.5, 0.6) is 0 Å². The summed E-state index contributed by atoms with van der Waals surface area (Å²) >= 11 is 15.0. The summed E-state index contributed by atoms with van der Waals surface area (Å²) < 4.78 is 2.33. The highest BCUT2D eigenvalue weighted by atomic mass is 79.9. The Balaban J connectivity index is 2.42. The Bertz CT molecular complexity index is 743. The van der Waals surface area contributed by atoms with Gasteiger partial charge >= 0.3 is 5.97 Å². The molecule has 1 heterocycles. The smallest absolute Gasteiger partial charge is 0.337 e. The van der Waals surface area contributed by atoms with Crippen LogP contribution < -0.4 is 5.32 Å². The van der Waals surface area contributed by atoms with Gasteiger partial charge in [0.05, 0.1) is 16.3 Å². The van der Waals surface area contributed by atoms with Crippen LogP contribution in [0.4, 0.5) is 5.69 Å². The van der Waals surface area contributed by atoms with E-state index in [0.717, 1.165) is 4.47 Å². The molecule has 5 nitrogen and oxygen atoms in total. The van der Waals surface area contributed by atoms with Crippen molar-refractivity contribution in [2.24, 2.45) is 7.05 Å². The first-order valence-electron chi connectivity index (χ1n) is 5.65. The van der Waals surface area contributed by atoms with Gasteiger partial charge < -0.3 is 15.0 Å². The normalized spacial score (nSPS) is 10.5. The quantitative estimate of drug-likeness (QED) is 0.829. The monoisotopic (exact) mass is 390 g/mol. The molecule has 0 radical (unpaired) electrons. The van der Waals surface area contributed by atoms with Gasteiger partial charge in [0, 0.05) is 22.7 Å². The highest BCUT2D eigenvalue weighted by Gasteiger charge is 2.19. The number of aromatic carboxylic acids is 1. The van der Waals surface area contributed by atoms with Crippen LogP contribution in [0, 0.1) is 0 Å². The van der Waals surface area contributed by atoms with E-state index in [2.05, 4.69) is 21.2 Å². The average Bonchev–Trinajstić information content (AvgIpc) is 2.71. The molecule has 0 atom stereocenters. The van der Waals surface area contributed by atoms with Crippen LogP contribution in [-0.4, -0.2) is 21.6 Å². The third-order valence-electron chi connectivity index (χ3n) is 2.73. The van der Waals surface area contributed by atoms with Crippen molar-refractivity contribution in [2.75, 3.05) is 5.32 Å². The fourth-order valence-corrected chi connectivity index (χ4v) is 2.86. The summed E-state index contributed by atoms with van der Waals surface area (Å²) in [7, 11) is 1.70. The summed E-state index contributed by atoms with van der Waals surface area (Å²) in [6.45, 7) is 0. The lowest BCUT2D eigenvalue weighted by molar-refractivity contribution is 0.0698. The van der Waals surface area contributed by atoms with Crippen LogP contribution in [0.25, 0.3) is 0 Å².